The maximum Gasteiger partial charge on any atom is 0.251 e. The van der Waals surface area contributed by atoms with Crippen molar-refractivity contribution in [2.45, 2.75) is 13.0 Å². The summed E-state index contributed by atoms with van der Waals surface area (Å²) in [5.74, 6) is -0.189. The Balaban J connectivity index is 2.13. The monoisotopic (exact) mass is 274 g/mol. The van der Waals surface area contributed by atoms with Crippen LogP contribution in [0.5, 0.6) is 0 Å². The number of nitrogens with one attached hydrogen (secondary N) is 1. The molecule has 0 aliphatic rings. The number of hydrogen-bond acceptors (Lipinski definition) is 2. The molecule has 3 N–H and O–H groups in total. The molecule has 2 rings (SSSR count). The molecule has 0 aliphatic heterocycles. The van der Waals surface area contributed by atoms with E-state index in [0.29, 0.717) is 16.3 Å². The molecule has 0 saturated carbocycles. The highest BCUT2D eigenvalue weighted by atomic mass is 35.5. The quantitative estimate of drug-likeness (QED) is 0.843. The summed E-state index contributed by atoms with van der Waals surface area (Å²) in [5, 5.41) is 3.37. The molecule has 1 atom stereocenters. The van der Waals surface area contributed by atoms with E-state index in [1.807, 2.05) is 37.3 Å². The second-order valence-corrected chi connectivity index (χ2v) is 4.82. The van der Waals surface area contributed by atoms with Crippen molar-refractivity contribution in [3.63, 3.8) is 0 Å². The van der Waals surface area contributed by atoms with Crippen LogP contribution in [0, 0.1) is 0 Å². The molecule has 0 radical (unpaired) electrons. The van der Waals surface area contributed by atoms with E-state index in [2.05, 4.69) is 5.32 Å². The third kappa shape index (κ3) is 3.48. The van der Waals surface area contributed by atoms with Gasteiger partial charge < -0.3 is 11.1 Å². The molecule has 1 unspecified atom stereocenters. The molecule has 0 heterocycles. The molecular formula is C15H15ClN2O. The van der Waals surface area contributed by atoms with E-state index < -0.39 is 0 Å². The maximum atomic E-state index is 12.1. The standard InChI is InChI=1S/C15H15ClN2O/c1-10(11-5-3-2-4-6-11)18-15(19)12-7-13(16)9-14(17)8-12/h2-10H,17H2,1H3,(H,18,19). The van der Waals surface area contributed by atoms with Gasteiger partial charge in [0.05, 0.1) is 6.04 Å². The molecule has 0 bridgehead atoms. The fourth-order valence-electron chi connectivity index (χ4n) is 1.85. The first kappa shape index (κ1) is 13.4. The number of anilines is 1. The van der Waals surface area contributed by atoms with Gasteiger partial charge in [0.25, 0.3) is 5.91 Å². The van der Waals surface area contributed by atoms with E-state index in [9.17, 15) is 4.79 Å². The zero-order chi connectivity index (χ0) is 13.8. The molecule has 0 saturated heterocycles. The van der Waals surface area contributed by atoms with E-state index in [0.717, 1.165) is 5.56 Å². The number of hydrogen-bond donors (Lipinski definition) is 2. The van der Waals surface area contributed by atoms with Crippen LogP contribution in [0.3, 0.4) is 0 Å². The van der Waals surface area contributed by atoms with Crippen LogP contribution in [0.4, 0.5) is 5.69 Å². The topological polar surface area (TPSA) is 55.1 Å². The van der Waals surface area contributed by atoms with Crippen molar-refractivity contribution in [1.82, 2.24) is 5.32 Å². The SMILES string of the molecule is CC(NC(=O)c1cc(N)cc(Cl)c1)c1ccccc1. The molecule has 2 aromatic carbocycles. The van der Waals surface area contributed by atoms with E-state index >= 15 is 0 Å². The Labute approximate surface area is 117 Å². The normalized spacial score (nSPS) is 11.9. The number of carbonyl (C=O) groups excluding carboxylic acids is 1. The minimum absolute atomic E-state index is 0.0751. The number of amides is 1. The second kappa shape index (κ2) is 5.76. The van der Waals surface area contributed by atoms with E-state index in [-0.39, 0.29) is 11.9 Å². The molecule has 4 heteroatoms. The van der Waals surface area contributed by atoms with Crippen LogP contribution in [0.1, 0.15) is 28.9 Å². The predicted octanol–water partition coefficient (Wildman–Crippen LogP) is 3.41. The molecule has 0 spiro atoms. The molecule has 0 aromatic heterocycles. The Morgan fingerprint density at radius 3 is 2.53 bits per heavy atom. The summed E-state index contributed by atoms with van der Waals surface area (Å²) in [6.45, 7) is 1.93. The Kier molecular flexibility index (Phi) is 4.07. The number of nitrogens with two attached hydrogens (primary N) is 1. The highest BCUT2D eigenvalue weighted by Crippen LogP contribution is 2.18. The fraction of sp³-hybridized carbons (Fsp3) is 0.133. The van der Waals surface area contributed by atoms with E-state index in [4.69, 9.17) is 17.3 Å². The first-order valence-corrected chi connectivity index (χ1v) is 6.36. The summed E-state index contributed by atoms with van der Waals surface area (Å²) in [4.78, 5) is 12.1. The van der Waals surface area contributed by atoms with Gasteiger partial charge in [0.1, 0.15) is 0 Å². The van der Waals surface area contributed by atoms with Crippen LogP contribution >= 0.6 is 11.6 Å². The maximum absolute atomic E-state index is 12.1. The third-order valence-electron chi connectivity index (χ3n) is 2.83. The number of rotatable bonds is 3. The molecule has 3 nitrogen and oxygen atoms in total. The Morgan fingerprint density at radius 1 is 1.21 bits per heavy atom. The average Bonchev–Trinajstić information content (AvgIpc) is 2.38. The fourth-order valence-corrected chi connectivity index (χ4v) is 2.09. The first-order chi connectivity index (χ1) is 9.06. The van der Waals surface area contributed by atoms with Crippen molar-refractivity contribution in [3.8, 4) is 0 Å². The minimum Gasteiger partial charge on any atom is -0.399 e. The lowest BCUT2D eigenvalue weighted by atomic mass is 10.1. The molecule has 1 amide bonds. The van der Waals surface area contributed by atoms with E-state index in [1.165, 1.54) is 0 Å². The van der Waals surface area contributed by atoms with Crippen LogP contribution in [-0.4, -0.2) is 5.91 Å². The van der Waals surface area contributed by atoms with Crippen molar-refractivity contribution in [1.29, 1.82) is 0 Å². The van der Waals surface area contributed by atoms with Gasteiger partial charge in [-0.2, -0.15) is 0 Å². The van der Waals surface area contributed by atoms with Crippen molar-refractivity contribution in [3.05, 3.63) is 64.7 Å². The van der Waals surface area contributed by atoms with Crippen molar-refractivity contribution in [2.24, 2.45) is 0 Å². The summed E-state index contributed by atoms with van der Waals surface area (Å²) < 4.78 is 0. The van der Waals surface area contributed by atoms with Crippen LogP contribution in [-0.2, 0) is 0 Å². The lowest BCUT2D eigenvalue weighted by molar-refractivity contribution is 0.0940. The van der Waals surface area contributed by atoms with Crippen LogP contribution in [0.2, 0.25) is 5.02 Å². The number of halogens is 1. The summed E-state index contributed by atoms with van der Waals surface area (Å²) in [7, 11) is 0. The van der Waals surface area contributed by atoms with Crippen molar-refractivity contribution >= 4 is 23.2 Å². The zero-order valence-electron chi connectivity index (χ0n) is 10.6. The number of carbonyl (C=O) groups is 1. The van der Waals surface area contributed by atoms with Gasteiger partial charge in [0.2, 0.25) is 0 Å². The predicted molar refractivity (Wildman–Crippen MR) is 78.2 cm³/mol. The Morgan fingerprint density at radius 2 is 1.89 bits per heavy atom. The highest BCUT2D eigenvalue weighted by molar-refractivity contribution is 6.31. The summed E-state index contributed by atoms with van der Waals surface area (Å²) in [6, 6.07) is 14.5. The van der Waals surface area contributed by atoms with Crippen molar-refractivity contribution in [2.75, 3.05) is 5.73 Å². The first-order valence-electron chi connectivity index (χ1n) is 5.98. The lowest BCUT2D eigenvalue weighted by Crippen LogP contribution is -2.26. The summed E-state index contributed by atoms with van der Waals surface area (Å²) in [5.41, 5.74) is 7.66. The number of benzene rings is 2. The molecule has 0 aliphatic carbocycles. The largest absolute Gasteiger partial charge is 0.399 e. The number of nitrogen functional groups attached to an aromatic ring is 1. The van der Waals surface area contributed by atoms with Gasteiger partial charge in [-0.05, 0) is 30.7 Å². The smallest absolute Gasteiger partial charge is 0.251 e. The summed E-state index contributed by atoms with van der Waals surface area (Å²) in [6.07, 6.45) is 0. The van der Waals surface area contributed by atoms with Gasteiger partial charge in [-0.15, -0.1) is 0 Å². The molecular weight excluding hydrogens is 260 g/mol. The Bertz CT molecular complexity index is 564. The zero-order valence-corrected chi connectivity index (χ0v) is 11.3. The van der Waals surface area contributed by atoms with Gasteiger partial charge in [-0.1, -0.05) is 41.9 Å². The van der Waals surface area contributed by atoms with Crippen LogP contribution < -0.4 is 11.1 Å². The van der Waals surface area contributed by atoms with Gasteiger partial charge in [0.15, 0.2) is 0 Å². The molecule has 19 heavy (non-hydrogen) atoms. The van der Waals surface area contributed by atoms with Crippen molar-refractivity contribution < 1.29 is 4.79 Å². The molecule has 0 fully saturated rings. The lowest BCUT2D eigenvalue weighted by Gasteiger charge is -2.14. The highest BCUT2D eigenvalue weighted by Gasteiger charge is 2.12. The Hall–Kier alpha value is -2.00. The van der Waals surface area contributed by atoms with Gasteiger partial charge in [-0.3, -0.25) is 4.79 Å². The summed E-state index contributed by atoms with van der Waals surface area (Å²) >= 11 is 5.89. The van der Waals surface area contributed by atoms with Crippen LogP contribution in [0.25, 0.3) is 0 Å². The van der Waals surface area contributed by atoms with Gasteiger partial charge in [-0.25, -0.2) is 0 Å². The van der Waals surface area contributed by atoms with Crippen LogP contribution in [0.15, 0.2) is 48.5 Å². The average molecular weight is 275 g/mol. The van der Waals surface area contributed by atoms with Gasteiger partial charge in [0, 0.05) is 16.3 Å². The van der Waals surface area contributed by atoms with Gasteiger partial charge >= 0.3 is 0 Å². The van der Waals surface area contributed by atoms with E-state index in [1.54, 1.807) is 18.2 Å². The minimum atomic E-state index is -0.189. The molecule has 2 aromatic rings. The third-order valence-corrected chi connectivity index (χ3v) is 3.05. The molecule has 98 valence electrons. The second-order valence-electron chi connectivity index (χ2n) is 4.38.